The van der Waals surface area contributed by atoms with Gasteiger partial charge in [0.1, 0.15) is 5.84 Å². The number of hydrogen-bond acceptors (Lipinski definition) is 1. The summed E-state index contributed by atoms with van der Waals surface area (Å²) >= 11 is 0. The molecule has 0 amide bonds. The average Bonchev–Trinajstić information content (AvgIpc) is 3.44. The van der Waals surface area contributed by atoms with E-state index < -0.39 is 8.07 Å². The second kappa shape index (κ2) is 8.31. The van der Waals surface area contributed by atoms with E-state index in [0.29, 0.717) is 11.3 Å². The minimum Gasteiger partial charge on any atom is -0.303 e. The highest BCUT2D eigenvalue weighted by Gasteiger charge is 2.55. The monoisotopic (exact) mass is 482 g/mol. The molecule has 1 atom stereocenters. The summed E-state index contributed by atoms with van der Waals surface area (Å²) in [5.41, 5.74) is 11.9. The molecule has 0 N–H and O–H groups in total. The summed E-state index contributed by atoms with van der Waals surface area (Å²) in [6.07, 6.45) is 0. The van der Waals surface area contributed by atoms with Crippen molar-refractivity contribution in [2.45, 2.75) is 84.5 Å². The summed E-state index contributed by atoms with van der Waals surface area (Å²) in [7, 11) is -0.510. The Morgan fingerprint density at radius 1 is 0.829 bits per heavy atom. The standard InChI is InChI=1S/C32H39N2P/c1-20(2)35(21(3)4)34-27-17-13-11-15-25(27)32(9)28-22(5)18-19-23(29(28)32)30(34)33-26-16-12-10-14-24(26)31(6,7)8/h10-21H,1-9H3/b33-30+. The highest BCUT2D eigenvalue weighted by atomic mass is 31.1. The summed E-state index contributed by atoms with van der Waals surface area (Å²) < 4.78 is 2.65. The van der Waals surface area contributed by atoms with Crippen LogP contribution < -0.4 is 4.67 Å². The Morgan fingerprint density at radius 3 is 2.11 bits per heavy atom. The van der Waals surface area contributed by atoms with Gasteiger partial charge >= 0.3 is 0 Å². The molecule has 0 saturated carbocycles. The van der Waals surface area contributed by atoms with Crippen LogP contribution in [-0.4, -0.2) is 17.2 Å². The molecule has 0 fully saturated rings. The first-order valence-corrected chi connectivity index (χ1v) is 14.4. The third kappa shape index (κ3) is 3.68. The molecular formula is C32H39N2P. The molecule has 0 radical (unpaired) electrons. The largest absolute Gasteiger partial charge is 0.303 e. The van der Waals surface area contributed by atoms with Crippen molar-refractivity contribution >= 4 is 25.3 Å². The predicted octanol–water partition coefficient (Wildman–Crippen LogP) is 9.07. The number of nitrogens with zero attached hydrogens (tertiary/aromatic N) is 2. The van der Waals surface area contributed by atoms with Gasteiger partial charge < -0.3 is 4.67 Å². The molecule has 1 aliphatic heterocycles. The van der Waals surface area contributed by atoms with Crippen LogP contribution in [0.4, 0.5) is 11.4 Å². The van der Waals surface area contributed by atoms with Crippen LogP contribution in [0, 0.1) is 6.92 Å². The van der Waals surface area contributed by atoms with E-state index in [2.05, 4.69) is 128 Å². The molecule has 5 rings (SSSR count). The number of benzene rings is 3. The van der Waals surface area contributed by atoms with Gasteiger partial charge in [-0.2, -0.15) is 0 Å². The van der Waals surface area contributed by atoms with E-state index in [4.69, 9.17) is 4.99 Å². The van der Waals surface area contributed by atoms with Gasteiger partial charge in [-0.25, -0.2) is 4.99 Å². The predicted molar refractivity (Wildman–Crippen MR) is 154 cm³/mol. The van der Waals surface area contributed by atoms with Gasteiger partial charge in [0.15, 0.2) is 0 Å². The van der Waals surface area contributed by atoms with Crippen LogP contribution in [0.3, 0.4) is 0 Å². The van der Waals surface area contributed by atoms with Crippen LogP contribution in [0.2, 0.25) is 0 Å². The van der Waals surface area contributed by atoms with Crippen molar-refractivity contribution in [3.8, 4) is 0 Å². The number of fused-ring (bicyclic) bond motifs is 3. The van der Waals surface area contributed by atoms with Gasteiger partial charge in [0.2, 0.25) is 0 Å². The zero-order valence-electron chi connectivity index (χ0n) is 22.8. The highest BCUT2D eigenvalue weighted by Crippen LogP contribution is 2.65. The van der Waals surface area contributed by atoms with Crippen LogP contribution in [0.5, 0.6) is 0 Å². The summed E-state index contributed by atoms with van der Waals surface area (Å²) in [6, 6.07) is 22.5. The summed E-state index contributed by atoms with van der Waals surface area (Å²) in [6.45, 7) is 21.1. The Morgan fingerprint density at radius 2 is 1.46 bits per heavy atom. The summed E-state index contributed by atoms with van der Waals surface area (Å²) in [5.74, 6) is 1.13. The minimum absolute atomic E-state index is 0.0188. The number of amidine groups is 1. The van der Waals surface area contributed by atoms with Crippen molar-refractivity contribution in [1.29, 1.82) is 0 Å². The number of rotatable bonds is 4. The molecule has 3 aromatic rings. The number of para-hydroxylation sites is 2. The molecule has 0 aromatic heterocycles. The normalized spacial score (nSPS) is 19.9. The van der Waals surface area contributed by atoms with E-state index >= 15 is 0 Å². The van der Waals surface area contributed by atoms with Gasteiger partial charge in [-0.1, -0.05) is 97.0 Å². The van der Waals surface area contributed by atoms with Gasteiger partial charge in [-0.15, -0.1) is 0 Å². The fourth-order valence-electron chi connectivity index (χ4n) is 6.23. The van der Waals surface area contributed by atoms with Crippen LogP contribution in [0.25, 0.3) is 0 Å². The fourth-order valence-corrected chi connectivity index (χ4v) is 9.14. The number of hydrogen-bond donors (Lipinski definition) is 0. The Hall–Kier alpha value is -2.44. The zero-order valence-corrected chi connectivity index (χ0v) is 23.7. The molecule has 3 aromatic carbocycles. The van der Waals surface area contributed by atoms with Crippen molar-refractivity contribution in [1.82, 2.24) is 0 Å². The van der Waals surface area contributed by atoms with Gasteiger partial charge in [0.05, 0.1) is 11.4 Å². The van der Waals surface area contributed by atoms with Crippen molar-refractivity contribution < 1.29 is 0 Å². The van der Waals surface area contributed by atoms with E-state index in [1.165, 1.54) is 39.1 Å². The zero-order chi connectivity index (χ0) is 25.3. The molecule has 0 bridgehead atoms. The van der Waals surface area contributed by atoms with Gasteiger partial charge in [0.25, 0.3) is 0 Å². The average molecular weight is 483 g/mol. The smallest absolute Gasteiger partial charge is 0.144 e. The number of anilines is 1. The second-order valence-electron chi connectivity index (χ2n) is 11.9. The Kier molecular flexibility index (Phi) is 5.76. The summed E-state index contributed by atoms with van der Waals surface area (Å²) in [4.78, 5) is 5.59. The topological polar surface area (TPSA) is 15.6 Å². The maximum Gasteiger partial charge on any atom is 0.144 e. The van der Waals surface area contributed by atoms with E-state index in [9.17, 15) is 0 Å². The van der Waals surface area contributed by atoms with Crippen molar-refractivity contribution in [2.24, 2.45) is 4.99 Å². The second-order valence-corrected chi connectivity index (χ2v) is 15.1. The molecule has 3 heteroatoms. The van der Waals surface area contributed by atoms with E-state index in [0.717, 1.165) is 11.5 Å². The molecule has 0 spiro atoms. The third-order valence-electron chi connectivity index (χ3n) is 7.69. The Bertz CT molecular complexity index is 1320. The fraction of sp³-hybridized carbons (Fsp3) is 0.406. The summed E-state index contributed by atoms with van der Waals surface area (Å²) in [5, 5.41) is 0. The first-order valence-electron chi connectivity index (χ1n) is 13.0. The maximum absolute atomic E-state index is 5.59. The third-order valence-corrected chi connectivity index (χ3v) is 10.7. The van der Waals surface area contributed by atoms with E-state index in [1.807, 2.05) is 0 Å². The molecule has 0 saturated heterocycles. The maximum atomic E-state index is 5.59. The molecule has 182 valence electrons. The highest BCUT2D eigenvalue weighted by molar-refractivity contribution is 7.61. The lowest BCUT2D eigenvalue weighted by atomic mass is 9.86. The Labute approximate surface area is 213 Å². The molecule has 2 aliphatic rings. The van der Waals surface area contributed by atoms with Crippen molar-refractivity contribution in [3.05, 3.63) is 94.0 Å². The quantitative estimate of drug-likeness (QED) is 0.339. The van der Waals surface area contributed by atoms with Crippen LogP contribution in [-0.2, 0) is 10.8 Å². The lowest BCUT2D eigenvalue weighted by molar-refractivity contribution is 0.591. The molecule has 1 unspecified atom stereocenters. The lowest BCUT2D eigenvalue weighted by Crippen LogP contribution is -2.32. The number of aryl methyl sites for hydroxylation is 1. The van der Waals surface area contributed by atoms with Crippen LogP contribution in [0.15, 0.2) is 65.7 Å². The van der Waals surface area contributed by atoms with E-state index in [1.54, 1.807) is 0 Å². The van der Waals surface area contributed by atoms with Crippen LogP contribution >= 0.6 is 8.07 Å². The Balaban J connectivity index is 1.88. The van der Waals surface area contributed by atoms with Gasteiger partial charge in [0, 0.05) is 19.1 Å². The molecule has 35 heavy (non-hydrogen) atoms. The molecular weight excluding hydrogens is 443 g/mol. The number of aliphatic imine (C=N–C) groups is 1. The molecule has 1 aliphatic carbocycles. The van der Waals surface area contributed by atoms with Crippen LogP contribution in [0.1, 0.15) is 88.8 Å². The molecule has 1 heterocycles. The van der Waals surface area contributed by atoms with Crippen molar-refractivity contribution in [3.63, 3.8) is 0 Å². The van der Waals surface area contributed by atoms with E-state index in [-0.39, 0.29) is 10.8 Å². The SMILES string of the molecule is Cc1ccc2c3c1C3(C)c1ccccc1N(P(C(C)C)C(C)C)/C2=N/c1ccccc1C(C)(C)C. The minimum atomic E-state index is -0.510. The lowest BCUT2D eigenvalue weighted by Gasteiger charge is -2.40. The first-order chi connectivity index (χ1) is 16.5. The van der Waals surface area contributed by atoms with Crippen molar-refractivity contribution in [2.75, 3.05) is 4.67 Å². The van der Waals surface area contributed by atoms with Gasteiger partial charge in [-0.05, 0) is 70.5 Å². The van der Waals surface area contributed by atoms with Gasteiger partial charge in [-0.3, -0.25) is 0 Å². The molecule has 2 nitrogen and oxygen atoms in total. The first kappa shape index (κ1) is 24.3.